The summed E-state index contributed by atoms with van der Waals surface area (Å²) in [6.45, 7) is 4.26. The van der Waals surface area contributed by atoms with Crippen molar-refractivity contribution in [3.05, 3.63) is 34.3 Å². The van der Waals surface area contributed by atoms with E-state index in [4.69, 9.17) is 5.11 Å². The predicted octanol–water partition coefficient (Wildman–Crippen LogP) is 2.69. The summed E-state index contributed by atoms with van der Waals surface area (Å²) in [6.07, 6.45) is 3.92. The Balaban J connectivity index is 2.14. The van der Waals surface area contributed by atoms with Crippen molar-refractivity contribution in [1.82, 2.24) is 4.90 Å². The highest BCUT2D eigenvalue weighted by Crippen LogP contribution is 2.28. The number of hydrogen-bond donors (Lipinski definition) is 1. The van der Waals surface area contributed by atoms with Gasteiger partial charge in [0.15, 0.2) is 0 Å². The molecule has 5 heteroatoms. The van der Waals surface area contributed by atoms with Crippen molar-refractivity contribution in [2.24, 2.45) is 0 Å². The van der Waals surface area contributed by atoms with Crippen LogP contribution in [0.5, 0.6) is 0 Å². The first kappa shape index (κ1) is 15.1. The Labute approximate surface area is 127 Å². The van der Waals surface area contributed by atoms with Gasteiger partial charge in [0.1, 0.15) is 0 Å². The van der Waals surface area contributed by atoms with E-state index in [1.54, 1.807) is 6.08 Å². The molecule has 1 heterocycles. The van der Waals surface area contributed by atoms with Crippen LogP contribution in [-0.4, -0.2) is 49.2 Å². The van der Waals surface area contributed by atoms with Crippen molar-refractivity contribution < 1.29 is 9.90 Å². The van der Waals surface area contributed by atoms with E-state index in [1.807, 2.05) is 12.1 Å². The molecular weight excluding hydrogens is 320 g/mol. The Kier molecular flexibility index (Phi) is 5.20. The fraction of sp³-hybridized carbons (Fsp3) is 0.400. The van der Waals surface area contributed by atoms with E-state index in [9.17, 15) is 4.79 Å². The van der Waals surface area contributed by atoms with Gasteiger partial charge < -0.3 is 14.9 Å². The molecule has 0 bridgehead atoms. The van der Waals surface area contributed by atoms with Crippen LogP contribution in [0.4, 0.5) is 5.69 Å². The van der Waals surface area contributed by atoms with Crippen LogP contribution in [0.3, 0.4) is 0 Å². The second-order valence-electron chi connectivity index (χ2n) is 5.03. The molecular formula is C15H19BrN2O2. The molecule has 1 N–H and O–H groups in total. The third kappa shape index (κ3) is 4.08. The number of aliphatic carboxylic acids is 1. The van der Waals surface area contributed by atoms with Gasteiger partial charge in [-0.25, -0.2) is 4.79 Å². The van der Waals surface area contributed by atoms with E-state index in [-0.39, 0.29) is 0 Å². The second kappa shape index (κ2) is 6.90. The lowest BCUT2D eigenvalue weighted by Crippen LogP contribution is -2.28. The lowest BCUT2D eigenvalue weighted by Gasteiger charge is -2.24. The maximum absolute atomic E-state index is 10.5. The van der Waals surface area contributed by atoms with E-state index in [0.29, 0.717) is 0 Å². The molecule has 1 saturated heterocycles. The highest BCUT2D eigenvalue weighted by Gasteiger charge is 2.14. The molecule has 1 aromatic rings. The predicted molar refractivity (Wildman–Crippen MR) is 85.1 cm³/mol. The minimum atomic E-state index is -0.930. The van der Waals surface area contributed by atoms with Gasteiger partial charge in [-0.15, -0.1) is 0 Å². The summed E-state index contributed by atoms with van der Waals surface area (Å²) in [5, 5.41) is 8.65. The summed E-state index contributed by atoms with van der Waals surface area (Å²) in [6, 6.07) is 5.97. The van der Waals surface area contributed by atoms with Gasteiger partial charge >= 0.3 is 5.97 Å². The van der Waals surface area contributed by atoms with E-state index in [0.717, 1.165) is 48.7 Å². The topological polar surface area (TPSA) is 43.8 Å². The van der Waals surface area contributed by atoms with Crippen LogP contribution in [0.25, 0.3) is 6.08 Å². The first-order valence-corrected chi connectivity index (χ1v) is 7.49. The average molecular weight is 339 g/mol. The number of carbonyl (C=O) groups is 1. The van der Waals surface area contributed by atoms with Gasteiger partial charge in [-0.1, -0.05) is 6.07 Å². The van der Waals surface area contributed by atoms with Gasteiger partial charge in [0.05, 0.1) is 5.69 Å². The standard InChI is InChI=1S/C15H19BrN2O2/c1-17-7-2-8-18(10-9-17)14-5-3-12(11-13(14)16)4-6-15(19)20/h3-6,11H,2,7-10H2,1H3,(H,19,20)/b6-4+. The molecule has 0 radical (unpaired) electrons. The summed E-state index contributed by atoms with van der Waals surface area (Å²) in [7, 11) is 2.15. The number of rotatable bonds is 3. The highest BCUT2D eigenvalue weighted by atomic mass is 79.9. The number of anilines is 1. The third-order valence-electron chi connectivity index (χ3n) is 3.45. The molecule has 0 aliphatic carbocycles. The van der Waals surface area contributed by atoms with Crippen LogP contribution >= 0.6 is 15.9 Å². The first-order chi connectivity index (χ1) is 9.56. The summed E-state index contributed by atoms with van der Waals surface area (Å²) in [4.78, 5) is 15.2. The molecule has 0 unspecified atom stereocenters. The molecule has 0 saturated carbocycles. The van der Waals surface area contributed by atoms with Crippen LogP contribution in [-0.2, 0) is 4.79 Å². The van der Waals surface area contributed by atoms with Crippen molar-refractivity contribution in [3.63, 3.8) is 0 Å². The normalized spacial score (nSPS) is 17.4. The van der Waals surface area contributed by atoms with E-state index in [2.05, 4.69) is 38.8 Å². The van der Waals surface area contributed by atoms with Gasteiger partial charge in [0.2, 0.25) is 0 Å². The molecule has 4 nitrogen and oxygen atoms in total. The number of hydrogen-bond acceptors (Lipinski definition) is 3. The Bertz CT molecular complexity index is 517. The van der Waals surface area contributed by atoms with Crippen LogP contribution < -0.4 is 4.90 Å². The molecule has 1 fully saturated rings. The van der Waals surface area contributed by atoms with Crippen molar-refractivity contribution >= 4 is 33.7 Å². The van der Waals surface area contributed by atoms with Crippen molar-refractivity contribution in [3.8, 4) is 0 Å². The molecule has 0 atom stereocenters. The maximum Gasteiger partial charge on any atom is 0.328 e. The van der Waals surface area contributed by atoms with Gasteiger partial charge in [-0.3, -0.25) is 0 Å². The average Bonchev–Trinajstić information content (AvgIpc) is 2.61. The fourth-order valence-electron chi connectivity index (χ4n) is 2.34. The minimum absolute atomic E-state index is 0.884. The van der Waals surface area contributed by atoms with Crippen molar-refractivity contribution in [1.29, 1.82) is 0 Å². The van der Waals surface area contributed by atoms with Crippen molar-refractivity contribution in [2.75, 3.05) is 38.1 Å². The van der Waals surface area contributed by atoms with E-state index < -0.39 is 5.97 Å². The van der Waals surface area contributed by atoms with Crippen LogP contribution in [0.2, 0.25) is 0 Å². The van der Waals surface area contributed by atoms with Crippen LogP contribution in [0.1, 0.15) is 12.0 Å². The quantitative estimate of drug-likeness (QED) is 0.860. The summed E-state index contributed by atoms with van der Waals surface area (Å²) >= 11 is 3.59. The van der Waals surface area contributed by atoms with Crippen LogP contribution in [0, 0.1) is 0 Å². The largest absolute Gasteiger partial charge is 0.478 e. The van der Waals surface area contributed by atoms with E-state index >= 15 is 0 Å². The van der Waals surface area contributed by atoms with Gasteiger partial charge in [-0.05, 0) is 59.7 Å². The highest BCUT2D eigenvalue weighted by molar-refractivity contribution is 9.10. The number of nitrogens with zero attached hydrogens (tertiary/aromatic N) is 2. The lowest BCUT2D eigenvalue weighted by molar-refractivity contribution is -0.131. The van der Waals surface area contributed by atoms with Crippen molar-refractivity contribution in [2.45, 2.75) is 6.42 Å². The third-order valence-corrected chi connectivity index (χ3v) is 4.09. The zero-order valence-corrected chi connectivity index (χ0v) is 13.1. The summed E-state index contributed by atoms with van der Waals surface area (Å²) < 4.78 is 1.01. The van der Waals surface area contributed by atoms with Crippen LogP contribution in [0.15, 0.2) is 28.7 Å². The van der Waals surface area contributed by atoms with Gasteiger partial charge in [0.25, 0.3) is 0 Å². The summed E-state index contributed by atoms with van der Waals surface area (Å²) in [5.41, 5.74) is 2.06. The number of likely N-dealkylation sites (N-methyl/N-ethyl adjacent to an activating group) is 1. The molecule has 0 amide bonds. The number of benzene rings is 1. The molecule has 2 rings (SSSR count). The van der Waals surface area contributed by atoms with E-state index in [1.165, 1.54) is 5.69 Å². The molecule has 20 heavy (non-hydrogen) atoms. The smallest absolute Gasteiger partial charge is 0.328 e. The Morgan fingerprint density at radius 3 is 2.80 bits per heavy atom. The van der Waals surface area contributed by atoms with Gasteiger partial charge in [-0.2, -0.15) is 0 Å². The Morgan fingerprint density at radius 2 is 2.10 bits per heavy atom. The lowest BCUT2D eigenvalue weighted by atomic mass is 10.1. The maximum atomic E-state index is 10.5. The molecule has 1 aliphatic heterocycles. The second-order valence-corrected chi connectivity index (χ2v) is 5.88. The Morgan fingerprint density at radius 1 is 1.30 bits per heavy atom. The molecule has 0 aromatic heterocycles. The number of carboxylic acid groups (broad SMARTS) is 1. The number of halogens is 1. The zero-order valence-electron chi connectivity index (χ0n) is 11.6. The Hall–Kier alpha value is -1.33. The fourth-order valence-corrected chi connectivity index (χ4v) is 2.99. The minimum Gasteiger partial charge on any atom is -0.478 e. The van der Waals surface area contributed by atoms with Gasteiger partial charge in [0, 0.05) is 30.2 Å². The number of carboxylic acids is 1. The molecule has 108 valence electrons. The molecule has 1 aromatic carbocycles. The SMILES string of the molecule is CN1CCCN(c2ccc(/C=C/C(=O)O)cc2Br)CC1. The monoisotopic (exact) mass is 338 g/mol. The first-order valence-electron chi connectivity index (χ1n) is 6.70. The molecule has 1 aliphatic rings. The molecule has 0 spiro atoms. The summed E-state index contributed by atoms with van der Waals surface area (Å²) in [5.74, 6) is -0.930. The zero-order chi connectivity index (χ0) is 14.5.